The fraction of sp³-hybridized carbons (Fsp3) is 0.233. The number of ether oxygens (including phenoxy) is 1. The van der Waals surface area contributed by atoms with E-state index in [2.05, 4.69) is 0 Å². The van der Waals surface area contributed by atoms with Crippen LogP contribution in [-0.4, -0.2) is 56.8 Å². The van der Waals surface area contributed by atoms with Gasteiger partial charge >= 0.3 is 6.09 Å². The van der Waals surface area contributed by atoms with Crippen LogP contribution in [0.4, 0.5) is 9.18 Å². The van der Waals surface area contributed by atoms with Crippen molar-refractivity contribution in [2.45, 2.75) is 31.9 Å². The Bertz CT molecular complexity index is 1390. The van der Waals surface area contributed by atoms with Crippen LogP contribution in [0.5, 0.6) is 5.75 Å². The Morgan fingerprint density at radius 1 is 0.949 bits per heavy atom. The molecule has 2 aliphatic rings. The summed E-state index contributed by atoms with van der Waals surface area (Å²) in [6.07, 6.45) is 0.781. The molecule has 1 N–H and O–H groups in total. The SMILES string of the molecule is O=C1[C@H](Cc2ccc(OCc3ccccc3)cc2)N2C(=O)CCN(C(=O)O)C2=CN1CCc1cccc(F)c1. The molecule has 1 saturated heterocycles. The first kappa shape index (κ1) is 26.0. The Kier molecular flexibility index (Phi) is 7.58. The van der Waals surface area contributed by atoms with Gasteiger partial charge in [0.05, 0.1) is 0 Å². The molecule has 3 aromatic carbocycles. The second kappa shape index (κ2) is 11.4. The molecule has 3 aromatic rings. The van der Waals surface area contributed by atoms with Crippen LogP contribution in [-0.2, 0) is 29.0 Å². The lowest BCUT2D eigenvalue weighted by atomic mass is 9.99. The fourth-order valence-electron chi connectivity index (χ4n) is 4.85. The molecule has 5 rings (SSSR count). The molecule has 0 unspecified atom stereocenters. The van der Waals surface area contributed by atoms with Gasteiger partial charge in [0.15, 0.2) is 0 Å². The number of carboxylic acid groups (broad SMARTS) is 1. The van der Waals surface area contributed by atoms with Crippen LogP contribution in [0.3, 0.4) is 0 Å². The summed E-state index contributed by atoms with van der Waals surface area (Å²) in [7, 11) is 0. The van der Waals surface area contributed by atoms with Gasteiger partial charge in [-0.3, -0.25) is 19.4 Å². The molecule has 1 atom stereocenters. The van der Waals surface area contributed by atoms with Gasteiger partial charge in [-0.05, 0) is 47.4 Å². The lowest BCUT2D eigenvalue weighted by molar-refractivity contribution is -0.148. The van der Waals surface area contributed by atoms with Crippen molar-refractivity contribution in [1.29, 1.82) is 0 Å². The predicted molar refractivity (Wildman–Crippen MR) is 141 cm³/mol. The third-order valence-electron chi connectivity index (χ3n) is 6.85. The second-order valence-corrected chi connectivity index (χ2v) is 9.48. The first-order chi connectivity index (χ1) is 18.9. The Morgan fingerprint density at radius 3 is 2.41 bits per heavy atom. The number of fused-ring (bicyclic) bond motifs is 1. The summed E-state index contributed by atoms with van der Waals surface area (Å²) < 4.78 is 19.5. The molecular weight excluding hydrogens is 501 g/mol. The van der Waals surface area contributed by atoms with Gasteiger partial charge < -0.3 is 14.7 Å². The molecule has 0 aromatic heterocycles. The predicted octanol–water partition coefficient (Wildman–Crippen LogP) is 4.41. The summed E-state index contributed by atoms with van der Waals surface area (Å²) in [5.41, 5.74) is 2.55. The summed E-state index contributed by atoms with van der Waals surface area (Å²) in [4.78, 5) is 42.4. The highest BCUT2D eigenvalue weighted by Crippen LogP contribution is 2.30. The summed E-state index contributed by atoms with van der Waals surface area (Å²) >= 11 is 0. The highest BCUT2D eigenvalue weighted by atomic mass is 19.1. The average molecular weight is 530 g/mol. The molecule has 0 bridgehead atoms. The molecule has 1 fully saturated rings. The third-order valence-corrected chi connectivity index (χ3v) is 6.85. The van der Waals surface area contributed by atoms with E-state index in [9.17, 15) is 23.9 Å². The van der Waals surface area contributed by atoms with Crippen LogP contribution in [0.2, 0.25) is 0 Å². The van der Waals surface area contributed by atoms with E-state index in [0.717, 1.165) is 16.0 Å². The zero-order valence-electron chi connectivity index (χ0n) is 21.2. The zero-order valence-corrected chi connectivity index (χ0v) is 21.2. The van der Waals surface area contributed by atoms with Gasteiger partial charge in [-0.1, -0.05) is 54.6 Å². The first-order valence-electron chi connectivity index (χ1n) is 12.7. The maximum atomic E-state index is 13.7. The maximum absolute atomic E-state index is 13.7. The van der Waals surface area contributed by atoms with Crippen LogP contribution >= 0.6 is 0 Å². The normalized spacial score (nSPS) is 17.1. The van der Waals surface area contributed by atoms with Gasteiger partial charge in [-0.15, -0.1) is 0 Å². The Labute approximate surface area is 225 Å². The number of hydrogen-bond acceptors (Lipinski definition) is 4. The van der Waals surface area contributed by atoms with Crippen LogP contribution in [0.25, 0.3) is 0 Å². The molecule has 8 nitrogen and oxygen atoms in total. The summed E-state index contributed by atoms with van der Waals surface area (Å²) in [6, 6.07) is 22.3. The summed E-state index contributed by atoms with van der Waals surface area (Å²) in [5.74, 6) is -0.165. The number of benzene rings is 3. The number of carbonyl (C=O) groups is 3. The van der Waals surface area contributed by atoms with Crippen LogP contribution < -0.4 is 4.74 Å². The van der Waals surface area contributed by atoms with E-state index in [1.54, 1.807) is 12.1 Å². The highest BCUT2D eigenvalue weighted by Gasteiger charge is 2.44. The standard InChI is InChI=1S/C30H28FN3O5/c31-24-8-4-7-21(17-24)13-15-32-19-27-33(30(37)38)16-14-28(35)34(27)26(29(32)36)18-22-9-11-25(12-10-22)39-20-23-5-2-1-3-6-23/h1-12,17,19,26H,13-16,18,20H2,(H,37,38)/t26-/m0/s1. The van der Waals surface area contributed by atoms with E-state index in [4.69, 9.17) is 4.74 Å². The van der Waals surface area contributed by atoms with Crippen molar-refractivity contribution in [2.24, 2.45) is 0 Å². The largest absolute Gasteiger partial charge is 0.489 e. The van der Waals surface area contributed by atoms with E-state index in [0.29, 0.717) is 24.3 Å². The van der Waals surface area contributed by atoms with Crippen molar-refractivity contribution in [1.82, 2.24) is 14.7 Å². The van der Waals surface area contributed by atoms with E-state index in [1.807, 2.05) is 54.6 Å². The minimum atomic E-state index is -1.20. The van der Waals surface area contributed by atoms with Gasteiger partial charge in [0.1, 0.15) is 30.0 Å². The first-order valence-corrected chi connectivity index (χ1v) is 12.7. The van der Waals surface area contributed by atoms with E-state index in [1.165, 1.54) is 28.1 Å². The maximum Gasteiger partial charge on any atom is 0.413 e. The van der Waals surface area contributed by atoms with Gasteiger partial charge in [-0.25, -0.2) is 9.18 Å². The monoisotopic (exact) mass is 529 g/mol. The molecule has 200 valence electrons. The molecular formula is C30H28FN3O5. The Balaban J connectivity index is 1.36. The van der Waals surface area contributed by atoms with Crippen molar-refractivity contribution < 1.29 is 28.6 Å². The molecule has 3 amide bonds. The van der Waals surface area contributed by atoms with Gasteiger partial charge in [0, 0.05) is 32.1 Å². The van der Waals surface area contributed by atoms with Crippen molar-refractivity contribution in [2.75, 3.05) is 13.1 Å². The molecule has 39 heavy (non-hydrogen) atoms. The van der Waals surface area contributed by atoms with Crippen molar-refractivity contribution in [3.63, 3.8) is 0 Å². The number of halogens is 1. The fourth-order valence-corrected chi connectivity index (χ4v) is 4.85. The molecule has 2 heterocycles. The topological polar surface area (TPSA) is 90.4 Å². The number of amides is 3. The quantitative estimate of drug-likeness (QED) is 0.467. The molecule has 9 heteroatoms. The number of rotatable bonds is 8. The Hall–Kier alpha value is -4.66. The van der Waals surface area contributed by atoms with Crippen molar-refractivity contribution >= 4 is 17.9 Å². The van der Waals surface area contributed by atoms with E-state index >= 15 is 0 Å². The smallest absolute Gasteiger partial charge is 0.413 e. The number of carbonyl (C=O) groups excluding carboxylic acids is 2. The minimum Gasteiger partial charge on any atom is -0.489 e. The molecule has 2 aliphatic heterocycles. The van der Waals surface area contributed by atoms with Gasteiger partial charge in [-0.2, -0.15) is 0 Å². The lowest BCUT2D eigenvalue weighted by Gasteiger charge is -2.45. The van der Waals surface area contributed by atoms with Crippen LogP contribution in [0.15, 0.2) is 90.9 Å². The minimum absolute atomic E-state index is 0.0109. The second-order valence-electron chi connectivity index (χ2n) is 9.48. The number of hydrogen-bond donors (Lipinski definition) is 1. The molecule has 0 radical (unpaired) electrons. The van der Waals surface area contributed by atoms with Crippen molar-refractivity contribution in [3.05, 3.63) is 113 Å². The van der Waals surface area contributed by atoms with E-state index < -0.39 is 12.1 Å². The lowest BCUT2D eigenvalue weighted by Crippen LogP contribution is -2.60. The number of nitrogens with zero attached hydrogens (tertiary/aromatic N) is 3. The van der Waals surface area contributed by atoms with Crippen LogP contribution in [0, 0.1) is 5.82 Å². The Morgan fingerprint density at radius 2 is 1.69 bits per heavy atom. The van der Waals surface area contributed by atoms with Gasteiger partial charge in [0.2, 0.25) is 11.8 Å². The highest BCUT2D eigenvalue weighted by molar-refractivity contribution is 5.93. The molecule has 0 aliphatic carbocycles. The summed E-state index contributed by atoms with van der Waals surface area (Å²) in [6.45, 7) is 0.648. The summed E-state index contributed by atoms with van der Waals surface area (Å²) in [5, 5.41) is 9.78. The molecule has 0 spiro atoms. The van der Waals surface area contributed by atoms with Crippen molar-refractivity contribution in [3.8, 4) is 5.75 Å². The van der Waals surface area contributed by atoms with Crippen LogP contribution in [0.1, 0.15) is 23.1 Å². The zero-order chi connectivity index (χ0) is 27.4. The van der Waals surface area contributed by atoms with Gasteiger partial charge in [0.25, 0.3) is 0 Å². The average Bonchev–Trinajstić information content (AvgIpc) is 2.94. The molecule has 0 saturated carbocycles. The van der Waals surface area contributed by atoms with E-state index in [-0.39, 0.29) is 49.4 Å². The third kappa shape index (κ3) is 5.93.